The van der Waals surface area contributed by atoms with E-state index >= 15 is 0 Å². The fourth-order valence-electron chi connectivity index (χ4n) is 3.14. The first-order valence-corrected chi connectivity index (χ1v) is 10.5. The van der Waals surface area contributed by atoms with E-state index in [0.29, 0.717) is 40.3 Å². The molecule has 3 heterocycles. The van der Waals surface area contributed by atoms with E-state index in [0.717, 1.165) is 16.2 Å². The van der Waals surface area contributed by atoms with E-state index in [1.54, 1.807) is 37.2 Å². The fourth-order valence-corrected chi connectivity index (χ4v) is 4.15. The summed E-state index contributed by atoms with van der Waals surface area (Å²) in [4.78, 5) is 24.8. The van der Waals surface area contributed by atoms with Crippen molar-refractivity contribution in [3.05, 3.63) is 64.9 Å². The molecule has 1 aromatic carbocycles. The number of benzene rings is 1. The number of aromatic nitrogens is 2. The molecule has 4 rings (SSSR count). The first-order chi connectivity index (χ1) is 14.1. The number of amides is 1. The van der Waals surface area contributed by atoms with Crippen LogP contribution < -0.4 is 15.0 Å². The molecule has 0 saturated carbocycles. The summed E-state index contributed by atoms with van der Waals surface area (Å²) in [7, 11) is 1.65. The number of halogens is 1. The maximum absolute atomic E-state index is 12.9. The summed E-state index contributed by atoms with van der Waals surface area (Å²) >= 11 is 7.74. The standard InChI is InChI=1S/C21H19ClN4O2S/c1-3-26-19-16(21(27)24-17-7-8-18(22)25-20(17)26)9-13(11-23-19)12-29-15-6-4-5-14(10-15)28-2/h4-11H,3,12H2,1-2H3,(H,24,27). The van der Waals surface area contributed by atoms with Gasteiger partial charge in [0.1, 0.15) is 16.7 Å². The van der Waals surface area contributed by atoms with Crippen molar-refractivity contribution in [2.24, 2.45) is 0 Å². The number of fused-ring (bicyclic) bond motifs is 2. The molecule has 148 valence electrons. The van der Waals surface area contributed by atoms with E-state index in [1.165, 1.54) is 0 Å². The van der Waals surface area contributed by atoms with Crippen molar-refractivity contribution in [2.45, 2.75) is 17.6 Å². The Morgan fingerprint density at radius 3 is 2.86 bits per heavy atom. The number of thioether (sulfide) groups is 1. The minimum absolute atomic E-state index is 0.206. The number of anilines is 3. The summed E-state index contributed by atoms with van der Waals surface area (Å²) in [6.07, 6.45) is 1.80. The van der Waals surface area contributed by atoms with E-state index in [1.807, 2.05) is 42.2 Å². The Bertz CT molecular complexity index is 1080. The van der Waals surface area contributed by atoms with Crippen LogP contribution in [0.2, 0.25) is 5.15 Å². The van der Waals surface area contributed by atoms with Gasteiger partial charge in [-0.15, -0.1) is 11.8 Å². The molecule has 8 heteroatoms. The molecule has 0 bridgehead atoms. The van der Waals surface area contributed by atoms with Gasteiger partial charge in [0.05, 0.1) is 18.4 Å². The number of ether oxygens (including phenoxy) is 1. The molecule has 0 aliphatic carbocycles. The highest BCUT2D eigenvalue weighted by Gasteiger charge is 2.27. The number of hydrogen-bond donors (Lipinski definition) is 1. The molecule has 1 aliphatic heterocycles. The van der Waals surface area contributed by atoms with Gasteiger partial charge in [-0.2, -0.15) is 0 Å². The van der Waals surface area contributed by atoms with Crippen LogP contribution in [-0.4, -0.2) is 29.5 Å². The van der Waals surface area contributed by atoms with Crippen molar-refractivity contribution >= 4 is 46.6 Å². The van der Waals surface area contributed by atoms with Gasteiger partial charge in [-0.1, -0.05) is 17.7 Å². The molecular weight excluding hydrogens is 408 g/mol. The normalized spacial score (nSPS) is 12.7. The lowest BCUT2D eigenvalue weighted by Crippen LogP contribution is -2.20. The quantitative estimate of drug-likeness (QED) is 0.449. The first-order valence-electron chi connectivity index (χ1n) is 9.10. The Balaban J connectivity index is 1.64. The van der Waals surface area contributed by atoms with E-state index in [-0.39, 0.29) is 5.91 Å². The summed E-state index contributed by atoms with van der Waals surface area (Å²) in [5, 5.41) is 3.29. The third-order valence-corrected chi connectivity index (χ3v) is 5.81. The minimum Gasteiger partial charge on any atom is -0.497 e. The van der Waals surface area contributed by atoms with Crippen LogP contribution in [0.3, 0.4) is 0 Å². The number of nitrogens with zero attached hydrogens (tertiary/aromatic N) is 3. The van der Waals surface area contributed by atoms with Gasteiger partial charge in [-0.05, 0) is 48.9 Å². The van der Waals surface area contributed by atoms with E-state index in [9.17, 15) is 4.79 Å². The van der Waals surface area contributed by atoms with Gasteiger partial charge in [0, 0.05) is 23.4 Å². The largest absolute Gasteiger partial charge is 0.497 e. The summed E-state index contributed by atoms with van der Waals surface area (Å²) in [6.45, 7) is 2.59. The van der Waals surface area contributed by atoms with Crippen LogP contribution >= 0.6 is 23.4 Å². The molecule has 0 unspecified atom stereocenters. The lowest BCUT2D eigenvalue weighted by atomic mass is 10.2. The Hall–Kier alpha value is -2.77. The van der Waals surface area contributed by atoms with Crippen LogP contribution in [0.25, 0.3) is 0 Å². The van der Waals surface area contributed by atoms with Gasteiger partial charge in [0.25, 0.3) is 5.91 Å². The van der Waals surface area contributed by atoms with Crippen LogP contribution in [0, 0.1) is 0 Å². The van der Waals surface area contributed by atoms with Gasteiger partial charge < -0.3 is 15.0 Å². The third-order valence-electron chi connectivity index (χ3n) is 4.53. The Labute approximate surface area is 178 Å². The average Bonchev–Trinajstić information content (AvgIpc) is 2.86. The van der Waals surface area contributed by atoms with E-state index in [2.05, 4.69) is 15.3 Å². The highest BCUT2D eigenvalue weighted by atomic mass is 35.5. The Morgan fingerprint density at radius 1 is 1.21 bits per heavy atom. The van der Waals surface area contributed by atoms with Gasteiger partial charge in [-0.25, -0.2) is 9.97 Å². The Kier molecular flexibility index (Phi) is 5.60. The zero-order chi connectivity index (χ0) is 20.4. The monoisotopic (exact) mass is 426 g/mol. The van der Waals surface area contributed by atoms with Crippen LogP contribution in [0.1, 0.15) is 22.8 Å². The van der Waals surface area contributed by atoms with Gasteiger partial charge in [0.2, 0.25) is 0 Å². The zero-order valence-corrected chi connectivity index (χ0v) is 17.5. The number of carbonyl (C=O) groups excluding carboxylic acids is 1. The van der Waals surface area contributed by atoms with E-state index < -0.39 is 0 Å². The molecule has 1 amide bonds. The minimum atomic E-state index is -0.206. The predicted octanol–water partition coefficient (Wildman–Crippen LogP) is 5.15. The van der Waals surface area contributed by atoms with Crippen LogP contribution in [-0.2, 0) is 5.75 Å². The molecular formula is C21H19ClN4O2S. The zero-order valence-electron chi connectivity index (χ0n) is 16.0. The number of methoxy groups -OCH3 is 1. The summed E-state index contributed by atoms with van der Waals surface area (Å²) in [5.41, 5.74) is 2.09. The van der Waals surface area contributed by atoms with Crippen molar-refractivity contribution < 1.29 is 9.53 Å². The molecule has 3 aromatic rings. The SMILES string of the molecule is CCN1c2nc(Cl)ccc2NC(=O)c2cc(CSc3cccc(OC)c3)cnc21. The summed E-state index contributed by atoms with van der Waals surface area (Å²) in [5.74, 6) is 2.47. The fraction of sp³-hybridized carbons (Fsp3) is 0.190. The summed E-state index contributed by atoms with van der Waals surface area (Å²) in [6, 6.07) is 13.2. The smallest absolute Gasteiger partial charge is 0.259 e. The second kappa shape index (κ2) is 8.31. The van der Waals surface area contributed by atoms with Crippen LogP contribution in [0.4, 0.5) is 17.3 Å². The highest BCUT2D eigenvalue weighted by Crippen LogP contribution is 2.36. The van der Waals surface area contributed by atoms with Crippen molar-refractivity contribution in [1.82, 2.24) is 9.97 Å². The lowest BCUT2D eigenvalue weighted by Gasteiger charge is -2.22. The van der Waals surface area contributed by atoms with Crippen molar-refractivity contribution in [3.8, 4) is 5.75 Å². The number of rotatable bonds is 5. The molecule has 1 aliphatic rings. The lowest BCUT2D eigenvalue weighted by molar-refractivity contribution is 0.102. The molecule has 1 N–H and O–H groups in total. The van der Waals surface area contributed by atoms with Crippen molar-refractivity contribution in [3.63, 3.8) is 0 Å². The highest BCUT2D eigenvalue weighted by molar-refractivity contribution is 7.98. The second-order valence-corrected chi connectivity index (χ2v) is 7.82. The molecule has 0 radical (unpaired) electrons. The van der Waals surface area contributed by atoms with Crippen molar-refractivity contribution in [1.29, 1.82) is 0 Å². The molecule has 0 atom stereocenters. The molecule has 2 aromatic heterocycles. The van der Waals surface area contributed by atoms with Crippen LogP contribution in [0.5, 0.6) is 5.75 Å². The predicted molar refractivity (Wildman–Crippen MR) is 117 cm³/mol. The number of pyridine rings is 2. The molecule has 0 fully saturated rings. The first kappa shape index (κ1) is 19.5. The molecule has 0 spiro atoms. The third kappa shape index (κ3) is 4.02. The number of hydrogen-bond acceptors (Lipinski definition) is 6. The maximum Gasteiger partial charge on any atom is 0.259 e. The number of carbonyl (C=O) groups is 1. The molecule has 29 heavy (non-hydrogen) atoms. The summed E-state index contributed by atoms with van der Waals surface area (Å²) < 4.78 is 5.27. The van der Waals surface area contributed by atoms with Crippen molar-refractivity contribution in [2.75, 3.05) is 23.9 Å². The maximum atomic E-state index is 12.9. The second-order valence-electron chi connectivity index (χ2n) is 6.39. The van der Waals surface area contributed by atoms with Gasteiger partial charge in [-0.3, -0.25) is 4.79 Å². The van der Waals surface area contributed by atoms with Gasteiger partial charge >= 0.3 is 0 Å². The van der Waals surface area contributed by atoms with Crippen LogP contribution in [0.15, 0.2) is 53.6 Å². The van der Waals surface area contributed by atoms with E-state index in [4.69, 9.17) is 16.3 Å². The number of nitrogens with one attached hydrogen (secondary N) is 1. The molecule has 0 saturated heterocycles. The molecule has 6 nitrogen and oxygen atoms in total. The Morgan fingerprint density at radius 2 is 2.07 bits per heavy atom. The topological polar surface area (TPSA) is 67.4 Å². The average molecular weight is 427 g/mol. The van der Waals surface area contributed by atoms with Gasteiger partial charge in [0.15, 0.2) is 5.82 Å².